The van der Waals surface area contributed by atoms with Crippen LogP contribution in [0, 0.1) is 17.0 Å². The van der Waals surface area contributed by atoms with Crippen LogP contribution in [0.2, 0.25) is 0 Å². The lowest BCUT2D eigenvalue weighted by atomic mass is 9.85. The normalized spacial score (nSPS) is 12.7. The summed E-state index contributed by atoms with van der Waals surface area (Å²) in [5, 5.41) is 15.0. The predicted octanol–water partition coefficient (Wildman–Crippen LogP) is 7.22. The number of nitro benzene ring substituents is 1. The standard InChI is InChI=1S/C30H27Br2N3O6S/c1-19-7-13-27(14-8-19)42(39,40)34(2)30(36)28(20-9-11-26(41-3)12-10-20)29(21-5-4-6-25(15-21)35(37)38)33-24-17-22(31)16-23(32)18-24/h4-18,28-29,33H,1-3H3/t28-,29-/m1/s1. The van der Waals surface area contributed by atoms with Gasteiger partial charge < -0.3 is 10.1 Å². The van der Waals surface area contributed by atoms with Crippen molar-refractivity contribution in [2.24, 2.45) is 0 Å². The third-order valence-corrected chi connectivity index (χ3v) is 9.37. The molecule has 0 fully saturated rings. The Bertz CT molecular complexity index is 1690. The molecule has 0 heterocycles. The Morgan fingerprint density at radius 1 is 0.929 bits per heavy atom. The largest absolute Gasteiger partial charge is 0.497 e. The van der Waals surface area contributed by atoms with E-state index in [0.29, 0.717) is 22.6 Å². The minimum absolute atomic E-state index is 0.0341. The van der Waals surface area contributed by atoms with Gasteiger partial charge in [-0.2, -0.15) is 0 Å². The minimum atomic E-state index is -4.24. The van der Waals surface area contributed by atoms with Gasteiger partial charge in [0.05, 0.1) is 28.9 Å². The number of amides is 1. The van der Waals surface area contributed by atoms with Crippen molar-refractivity contribution in [1.29, 1.82) is 0 Å². The second-order valence-corrected chi connectivity index (χ2v) is 13.3. The number of carbonyl (C=O) groups is 1. The Hall–Kier alpha value is -3.74. The third kappa shape index (κ3) is 7.00. The molecule has 0 unspecified atom stereocenters. The molecule has 4 aromatic carbocycles. The number of hydrogen-bond acceptors (Lipinski definition) is 7. The van der Waals surface area contributed by atoms with Crippen LogP contribution >= 0.6 is 31.9 Å². The maximum absolute atomic E-state index is 14.4. The van der Waals surface area contributed by atoms with Crippen LogP contribution in [0.15, 0.2) is 105 Å². The van der Waals surface area contributed by atoms with Crippen LogP contribution in [-0.2, 0) is 14.8 Å². The summed E-state index contributed by atoms with van der Waals surface area (Å²) in [5.41, 5.74) is 2.17. The highest BCUT2D eigenvalue weighted by atomic mass is 79.9. The summed E-state index contributed by atoms with van der Waals surface area (Å²) < 4.78 is 34.8. The predicted molar refractivity (Wildman–Crippen MR) is 168 cm³/mol. The summed E-state index contributed by atoms with van der Waals surface area (Å²) in [6, 6.07) is 23.3. The summed E-state index contributed by atoms with van der Waals surface area (Å²) >= 11 is 6.94. The molecular formula is C30H27Br2N3O6S. The van der Waals surface area contributed by atoms with Crippen molar-refractivity contribution in [3.63, 3.8) is 0 Å². The summed E-state index contributed by atoms with van der Waals surface area (Å²) in [5.74, 6) is -1.33. The molecule has 0 saturated heterocycles. The van der Waals surface area contributed by atoms with Gasteiger partial charge in [-0.05, 0) is 60.5 Å². The monoisotopic (exact) mass is 715 g/mol. The van der Waals surface area contributed by atoms with Crippen LogP contribution in [0.1, 0.15) is 28.7 Å². The molecule has 218 valence electrons. The number of carbonyl (C=O) groups excluding carboxylic acids is 1. The number of sulfonamides is 1. The molecule has 0 saturated carbocycles. The fraction of sp³-hybridized carbons (Fsp3) is 0.167. The third-order valence-electron chi connectivity index (χ3n) is 6.69. The zero-order valence-corrected chi connectivity index (χ0v) is 26.8. The number of anilines is 1. The Labute approximate surface area is 261 Å². The van der Waals surface area contributed by atoms with Gasteiger partial charge in [0.25, 0.3) is 15.7 Å². The topological polar surface area (TPSA) is 119 Å². The lowest BCUT2D eigenvalue weighted by molar-refractivity contribution is -0.384. The fourth-order valence-corrected chi connectivity index (χ4v) is 6.92. The Kier molecular flexibility index (Phi) is 9.70. The number of nitrogens with one attached hydrogen (secondary N) is 1. The molecule has 0 radical (unpaired) electrons. The summed E-state index contributed by atoms with van der Waals surface area (Å²) in [6.07, 6.45) is 0. The number of hydrogen-bond donors (Lipinski definition) is 1. The van der Waals surface area contributed by atoms with Crippen molar-refractivity contribution >= 4 is 59.2 Å². The zero-order chi connectivity index (χ0) is 30.6. The van der Waals surface area contributed by atoms with Gasteiger partial charge in [-0.3, -0.25) is 14.9 Å². The molecule has 4 rings (SSSR count). The first-order valence-electron chi connectivity index (χ1n) is 12.6. The Morgan fingerprint density at radius 2 is 1.55 bits per heavy atom. The second-order valence-electron chi connectivity index (χ2n) is 9.51. The quantitative estimate of drug-likeness (QED) is 0.136. The van der Waals surface area contributed by atoms with Gasteiger partial charge in [-0.15, -0.1) is 0 Å². The summed E-state index contributed by atoms with van der Waals surface area (Å²) in [7, 11) is -1.51. The number of ether oxygens (including phenoxy) is 1. The Morgan fingerprint density at radius 3 is 2.12 bits per heavy atom. The number of likely N-dealkylation sites (N-methyl/N-ethyl adjacent to an activating group) is 1. The highest BCUT2D eigenvalue weighted by Crippen LogP contribution is 2.39. The molecule has 0 aliphatic carbocycles. The first-order valence-corrected chi connectivity index (χ1v) is 15.6. The maximum Gasteiger partial charge on any atom is 0.269 e. The SMILES string of the molecule is COc1ccc([C@@H](C(=O)N(C)S(=O)(=O)c2ccc(C)cc2)[C@H](Nc2cc(Br)cc(Br)c2)c2cccc([N+](=O)[O-])c2)cc1. The van der Waals surface area contributed by atoms with Crippen molar-refractivity contribution in [1.82, 2.24) is 4.31 Å². The summed E-state index contributed by atoms with van der Waals surface area (Å²) in [6.45, 7) is 1.83. The molecule has 0 aliphatic heterocycles. The number of benzene rings is 4. The lowest BCUT2D eigenvalue weighted by Gasteiger charge is -2.32. The average molecular weight is 717 g/mol. The number of methoxy groups -OCH3 is 1. The van der Waals surface area contributed by atoms with Crippen LogP contribution in [0.3, 0.4) is 0 Å². The molecule has 0 spiro atoms. The van der Waals surface area contributed by atoms with Gasteiger partial charge >= 0.3 is 0 Å². The summed E-state index contributed by atoms with van der Waals surface area (Å²) in [4.78, 5) is 25.5. The van der Waals surface area contributed by atoms with Crippen molar-refractivity contribution < 1.29 is 22.9 Å². The molecular weight excluding hydrogens is 690 g/mol. The van der Waals surface area contributed by atoms with Gasteiger partial charge in [-0.1, -0.05) is 73.8 Å². The lowest BCUT2D eigenvalue weighted by Crippen LogP contribution is -2.40. The number of non-ortho nitro benzene ring substituents is 1. The van der Waals surface area contributed by atoms with Gasteiger partial charge in [0.15, 0.2) is 0 Å². The first-order chi connectivity index (χ1) is 19.9. The molecule has 1 amide bonds. The number of halogens is 2. The molecule has 0 aliphatic rings. The van der Waals surface area contributed by atoms with Gasteiger partial charge in [0.2, 0.25) is 5.91 Å². The van der Waals surface area contributed by atoms with Gasteiger partial charge in [0.1, 0.15) is 5.75 Å². The van der Waals surface area contributed by atoms with E-state index in [0.717, 1.165) is 18.8 Å². The average Bonchev–Trinajstić information content (AvgIpc) is 2.96. The number of aryl methyl sites for hydroxylation is 1. The number of nitro groups is 1. The van der Waals surface area contributed by atoms with Crippen LogP contribution in [0.25, 0.3) is 0 Å². The van der Waals surface area contributed by atoms with Crippen molar-refractivity contribution in [3.05, 3.63) is 127 Å². The van der Waals surface area contributed by atoms with Gasteiger partial charge in [-0.25, -0.2) is 12.7 Å². The van der Waals surface area contributed by atoms with E-state index in [4.69, 9.17) is 4.74 Å². The van der Waals surface area contributed by atoms with Crippen LogP contribution in [0.4, 0.5) is 11.4 Å². The second kappa shape index (κ2) is 13.1. The molecule has 12 heteroatoms. The molecule has 42 heavy (non-hydrogen) atoms. The highest BCUT2D eigenvalue weighted by Gasteiger charge is 2.38. The molecule has 4 aromatic rings. The maximum atomic E-state index is 14.4. The number of nitrogens with zero attached hydrogens (tertiary/aromatic N) is 2. The Balaban J connectivity index is 1.91. The van der Waals surface area contributed by atoms with Crippen LogP contribution in [0.5, 0.6) is 5.75 Å². The van der Waals surface area contributed by atoms with E-state index >= 15 is 0 Å². The fourth-order valence-electron chi connectivity index (χ4n) is 4.48. The van der Waals surface area contributed by atoms with E-state index in [9.17, 15) is 23.3 Å². The highest BCUT2D eigenvalue weighted by molar-refractivity contribution is 9.11. The van der Waals surface area contributed by atoms with Crippen molar-refractivity contribution in [2.45, 2.75) is 23.8 Å². The van der Waals surface area contributed by atoms with E-state index < -0.39 is 32.8 Å². The van der Waals surface area contributed by atoms with Crippen LogP contribution in [-0.4, -0.2) is 37.7 Å². The van der Waals surface area contributed by atoms with Gasteiger partial charge in [0, 0.05) is 33.8 Å². The molecule has 0 bridgehead atoms. The minimum Gasteiger partial charge on any atom is -0.497 e. The van der Waals surface area contributed by atoms with E-state index in [1.54, 1.807) is 54.6 Å². The molecule has 0 aromatic heterocycles. The van der Waals surface area contributed by atoms with Crippen molar-refractivity contribution in [3.8, 4) is 5.75 Å². The molecule has 2 atom stereocenters. The van der Waals surface area contributed by atoms with E-state index in [1.807, 2.05) is 13.0 Å². The van der Waals surface area contributed by atoms with Crippen LogP contribution < -0.4 is 10.1 Å². The number of rotatable bonds is 10. The first kappa shape index (κ1) is 31.2. The zero-order valence-electron chi connectivity index (χ0n) is 22.8. The molecule has 1 N–H and O–H groups in total. The molecule has 9 nitrogen and oxygen atoms in total. The van der Waals surface area contributed by atoms with E-state index in [1.165, 1.54) is 44.5 Å². The van der Waals surface area contributed by atoms with E-state index in [2.05, 4.69) is 37.2 Å². The smallest absolute Gasteiger partial charge is 0.269 e. The van der Waals surface area contributed by atoms with E-state index in [-0.39, 0.29) is 10.6 Å². The van der Waals surface area contributed by atoms with Crippen molar-refractivity contribution in [2.75, 3.05) is 19.5 Å².